The van der Waals surface area contributed by atoms with Crippen molar-refractivity contribution >= 4 is 5.91 Å². The van der Waals surface area contributed by atoms with Crippen molar-refractivity contribution in [3.8, 4) is 5.75 Å². The van der Waals surface area contributed by atoms with Crippen molar-refractivity contribution in [3.05, 3.63) is 30.1 Å². The van der Waals surface area contributed by atoms with Gasteiger partial charge in [-0.2, -0.15) is 0 Å². The van der Waals surface area contributed by atoms with E-state index in [0.29, 0.717) is 18.7 Å². The average Bonchev–Trinajstić information content (AvgIpc) is 2.41. The number of likely N-dealkylation sites (tertiary alicyclic amines) is 1. The number of amides is 1. The van der Waals surface area contributed by atoms with Crippen molar-refractivity contribution in [2.45, 2.75) is 25.0 Å². The summed E-state index contributed by atoms with van der Waals surface area (Å²) in [6.07, 6.45) is -0.0233. The third-order valence-electron chi connectivity index (χ3n) is 3.56. The minimum atomic E-state index is -1.20. The van der Waals surface area contributed by atoms with E-state index in [1.54, 1.807) is 24.0 Å². The van der Waals surface area contributed by atoms with Crippen molar-refractivity contribution in [3.63, 3.8) is 0 Å². The van der Waals surface area contributed by atoms with Crippen molar-refractivity contribution in [2.24, 2.45) is 0 Å². The molecule has 0 radical (unpaired) electrons. The number of rotatable bonds is 4. The van der Waals surface area contributed by atoms with Gasteiger partial charge in [-0.25, -0.2) is 4.39 Å². The molecule has 1 aromatic rings. The van der Waals surface area contributed by atoms with Crippen molar-refractivity contribution in [2.75, 3.05) is 26.8 Å². The summed E-state index contributed by atoms with van der Waals surface area (Å²) < 4.78 is 23.7. The summed E-state index contributed by atoms with van der Waals surface area (Å²) in [4.78, 5) is 13.3. The van der Waals surface area contributed by atoms with Crippen LogP contribution in [-0.4, -0.2) is 54.4 Å². The first kappa shape index (κ1) is 15.7. The highest BCUT2D eigenvalue weighted by molar-refractivity contribution is 5.77. The summed E-state index contributed by atoms with van der Waals surface area (Å²) in [5, 5.41) is 10.5. The second-order valence-corrected chi connectivity index (χ2v) is 5.46. The van der Waals surface area contributed by atoms with Gasteiger partial charge >= 0.3 is 0 Å². The lowest BCUT2D eigenvalue weighted by atomic mass is 9.91. The summed E-state index contributed by atoms with van der Waals surface area (Å²) >= 11 is 0. The lowest BCUT2D eigenvalue weighted by Crippen LogP contribution is -2.58. The molecule has 0 aliphatic carbocycles. The first-order valence-corrected chi connectivity index (χ1v) is 6.83. The number of ether oxygens (including phenoxy) is 2. The van der Waals surface area contributed by atoms with Crippen LogP contribution in [0.1, 0.15) is 13.3 Å². The van der Waals surface area contributed by atoms with Gasteiger partial charge in [0.15, 0.2) is 0 Å². The molecule has 1 fully saturated rings. The van der Waals surface area contributed by atoms with Crippen LogP contribution in [0, 0.1) is 5.82 Å². The molecule has 1 heterocycles. The van der Waals surface area contributed by atoms with Crippen molar-refractivity contribution in [1.29, 1.82) is 0 Å². The molecule has 21 heavy (non-hydrogen) atoms. The van der Waals surface area contributed by atoms with E-state index in [0.717, 1.165) is 0 Å². The fraction of sp³-hybridized carbons (Fsp3) is 0.533. The highest BCUT2D eigenvalue weighted by Crippen LogP contribution is 2.26. The molecule has 0 saturated carbocycles. The molecule has 1 N–H and O–H groups in total. The first-order chi connectivity index (χ1) is 9.92. The first-order valence-electron chi connectivity index (χ1n) is 6.83. The standard InChI is InChI=1S/C15H20FNO4/c1-15(19)10-17(14(18)9-20-2)7-6-13(15)21-12-5-3-4-11(16)8-12/h3-5,8,13,19H,6-7,9-10H2,1-2H3/t13-,15-/m0/s1. The molecule has 116 valence electrons. The summed E-state index contributed by atoms with van der Waals surface area (Å²) in [5.41, 5.74) is -1.20. The highest BCUT2D eigenvalue weighted by atomic mass is 19.1. The van der Waals surface area contributed by atoms with Crippen LogP contribution in [0.2, 0.25) is 0 Å². The second kappa shape index (κ2) is 6.41. The lowest BCUT2D eigenvalue weighted by Gasteiger charge is -2.42. The maximum atomic E-state index is 13.2. The maximum Gasteiger partial charge on any atom is 0.248 e. The topological polar surface area (TPSA) is 59.0 Å². The van der Waals surface area contributed by atoms with E-state index >= 15 is 0 Å². The van der Waals surface area contributed by atoms with Crippen LogP contribution in [0.4, 0.5) is 4.39 Å². The van der Waals surface area contributed by atoms with Gasteiger partial charge < -0.3 is 19.5 Å². The quantitative estimate of drug-likeness (QED) is 0.907. The zero-order chi connectivity index (χ0) is 15.5. The summed E-state index contributed by atoms with van der Waals surface area (Å²) in [6.45, 7) is 2.24. The Bertz CT molecular complexity index is 506. The summed E-state index contributed by atoms with van der Waals surface area (Å²) in [5.74, 6) is -0.182. The van der Waals surface area contributed by atoms with E-state index < -0.39 is 11.7 Å². The number of carbonyl (C=O) groups is 1. The number of aliphatic hydroxyl groups is 1. The van der Waals surface area contributed by atoms with E-state index in [2.05, 4.69) is 0 Å². The number of carbonyl (C=O) groups excluding carboxylic acids is 1. The Morgan fingerprint density at radius 2 is 2.33 bits per heavy atom. The third-order valence-corrected chi connectivity index (χ3v) is 3.56. The molecule has 1 amide bonds. The highest BCUT2D eigenvalue weighted by Gasteiger charge is 2.41. The Labute approximate surface area is 123 Å². The Hall–Kier alpha value is -1.66. The summed E-state index contributed by atoms with van der Waals surface area (Å²) in [7, 11) is 1.45. The number of piperidine rings is 1. The monoisotopic (exact) mass is 297 g/mol. The number of hydrogen-bond donors (Lipinski definition) is 1. The Morgan fingerprint density at radius 3 is 2.95 bits per heavy atom. The van der Waals surface area contributed by atoms with Crippen LogP contribution >= 0.6 is 0 Å². The Morgan fingerprint density at radius 1 is 1.57 bits per heavy atom. The molecule has 1 aliphatic rings. The van der Waals surface area contributed by atoms with E-state index in [4.69, 9.17) is 9.47 Å². The zero-order valence-corrected chi connectivity index (χ0v) is 12.2. The fourth-order valence-electron chi connectivity index (χ4n) is 2.47. The minimum absolute atomic E-state index is 0.00843. The smallest absolute Gasteiger partial charge is 0.248 e. The summed E-state index contributed by atoms with van der Waals surface area (Å²) in [6, 6.07) is 5.80. The molecule has 6 heteroatoms. The van der Waals surface area contributed by atoms with Crippen LogP contribution in [0.15, 0.2) is 24.3 Å². The molecular formula is C15H20FNO4. The number of β-amino-alcohol motifs (C(OH)–C–C–N with tert-alkyl or cyclic N) is 1. The number of benzene rings is 1. The average molecular weight is 297 g/mol. The largest absolute Gasteiger partial charge is 0.487 e. The SMILES string of the molecule is COCC(=O)N1CC[C@H](Oc2cccc(F)c2)[C@@](C)(O)C1. The number of hydrogen-bond acceptors (Lipinski definition) is 4. The van der Waals surface area contributed by atoms with Gasteiger partial charge in [-0.15, -0.1) is 0 Å². The molecular weight excluding hydrogens is 277 g/mol. The van der Waals surface area contributed by atoms with Crippen molar-refractivity contribution in [1.82, 2.24) is 4.90 Å². The fourth-order valence-corrected chi connectivity index (χ4v) is 2.47. The molecule has 5 nitrogen and oxygen atoms in total. The van der Waals surface area contributed by atoms with Gasteiger partial charge in [0, 0.05) is 26.1 Å². The van der Waals surface area contributed by atoms with Gasteiger partial charge in [0.2, 0.25) is 5.91 Å². The normalized spacial score (nSPS) is 25.7. The van der Waals surface area contributed by atoms with Crippen LogP contribution in [0.5, 0.6) is 5.75 Å². The van der Waals surface area contributed by atoms with Crippen LogP contribution < -0.4 is 4.74 Å². The lowest BCUT2D eigenvalue weighted by molar-refractivity contribution is -0.149. The third kappa shape index (κ3) is 3.92. The maximum absolute atomic E-state index is 13.2. The minimum Gasteiger partial charge on any atom is -0.487 e. The number of nitrogens with zero attached hydrogens (tertiary/aromatic N) is 1. The number of halogens is 1. The van der Waals surface area contributed by atoms with Crippen LogP contribution in [0.25, 0.3) is 0 Å². The van der Waals surface area contributed by atoms with E-state index in [1.807, 2.05) is 0 Å². The predicted molar refractivity (Wildman–Crippen MR) is 74.5 cm³/mol. The van der Waals surface area contributed by atoms with Gasteiger partial charge in [0.05, 0.1) is 6.54 Å². The van der Waals surface area contributed by atoms with E-state index in [1.165, 1.54) is 19.2 Å². The predicted octanol–water partition coefficient (Wildman–Crippen LogP) is 1.20. The van der Waals surface area contributed by atoms with Gasteiger partial charge in [-0.3, -0.25) is 4.79 Å². The molecule has 1 saturated heterocycles. The van der Waals surface area contributed by atoms with Gasteiger partial charge in [-0.05, 0) is 19.1 Å². The van der Waals surface area contributed by atoms with E-state index in [-0.39, 0.29) is 24.9 Å². The molecule has 0 aromatic heterocycles. The Kier molecular flexibility index (Phi) is 4.80. The molecule has 2 atom stereocenters. The Balaban J connectivity index is 2.02. The van der Waals surface area contributed by atoms with Gasteiger partial charge in [0.25, 0.3) is 0 Å². The second-order valence-electron chi connectivity index (χ2n) is 5.46. The molecule has 0 spiro atoms. The van der Waals surface area contributed by atoms with Crippen LogP contribution in [-0.2, 0) is 9.53 Å². The molecule has 0 unspecified atom stereocenters. The zero-order valence-electron chi connectivity index (χ0n) is 12.2. The molecule has 0 bridgehead atoms. The molecule has 1 aliphatic heterocycles. The molecule has 1 aromatic carbocycles. The van der Waals surface area contributed by atoms with Gasteiger partial charge in [-0.1, -0.05) is 6.07 Å². The van der Waals surface area contributed by atoms with E-state index in [9.17, 15) is 14.3 Å². The molecule has 2 rings (SSSR count). The van der Waals surface area contributed by atoms with Gasteiger partial charge in [0.1, 0.15) is 29.9 Å². The number of methoxy groups -OCH3 is 1. The van der Waals surface area contributed by atoms with Crippen molar-refractivity contribution < 1.29 is 23.8 Å². The van der Waals surface area contributed by atoms with Crippen LogP contribution in [0.3, 0.4) is 0 Å².